The van der Waals surface area contributed by atoms with Crippen molar-refractivity contribution >= 4 is 9.84 Å². The molecule has 0 saturated carbocycles. The molecule has 1 aromatic heterocycles. The van der Waals surface area contributed by atoms with Crippen LogP contribution < -0.4 is 0 Å². The molecular weight excluding hydrogens is 242 g/mol. The lowest BCUT2D eigenvalue weighted by atomic mass is 10.0. The number of rotatable bonds is 4. The van der Waals surface area contributed by atoms with Gasteiger partial charge in [0.2, 0.25) is 0 Å². The zero-order chi connectivity index (χ0) is 12.5. The van der Waals surface area contributed by atoms with Crippen LogP contribution in [0.2, 0.25) is 0 Å². The number of aliphatic hydroxyl groups excluding tert-OH is 1. The standard InChI is InChI=1S/C11H17NO4S/c1-8-11(9-4-6-17(14,15)7-9)12-10(16-8)3-2-5-13/h9,13H,2-7H2,1H3. The normalized spacial score (nSPS) is 23.1. The van der Waals surface area contributed by atoms with Crippen LogP contribution in [0.25, 0.3) is 0 Å². The van der Waals surface area contributed by atoms with Gasteiger partial charge in [-0.2, -0.15) is 0 Å². The predicted molar refractivity (Wildman–Crippen MR) is 62.7 cm³/mol. The topological polar surface area (TPSA) is 80.4 Å². The second-order valence-corrected chi connectivity index (χ2v) is 6.70. The van der Waals surface area contributed by atoms with Crippen molar-refractivity contribution in [1.29, 1.82) is 0 Å². The van der Waals surface area contributed by atoms with Crippen LogP contribution in [-0.2, 0) is 16.3 Å². The van der Waals surface area contributed by atoms with Gasteiger partial charge in [0.15, 0.2) is 15.7 Å². The highest BCUT2D eigenvalue weighted by atomic mass is 32.2. The number of sulfone groups is 1. The molecule has 5 nitrogen and oxygen atoms in total. The third-order valence-corrected chi connectivity index (χ3v) is 4.81. The summed E-state index contributed by atoms with van der Waals surface area (Å²) in [6.07, 6.45) is 1.84. The minimum atomic E-state index is -2.89. The Hall–Kier alpha value is -0.880. The number of aryl methyl sites for hydroxylation is 2. The maximum absolute atomic E-state index is 11.4. The molecular formula is C11H17NO4S. The maximum Gasteiger partial charge on any atom is 0.194 e. The number of hydrogen-bond acceptors (Lipinski definition) is 5. The molecule has 0 aromatic carbocycles. The van der Waals surface area contributed by atoms with Crippen LogP contribution in [0.3, 0.4) is 0 Å². The van der Waals surface area contributed by atoms with Gasteiger partial charge >= 0.3 is 0 Å². The SMILES string of the molecule is Cc1oc(CCCO)nc1C1CCS(=O)(=O)C1. The Kier molecular flexibility index (Phi) is 3.53. The lowest BCUT2D eigenvalue weighted by Crippen LogP contribution is -2.05. The van der Waals surface area contributed by atoms with Crippen LogP contribution in [0.1, 0.15) is 36.1 Å². The summed E-state index contributed by atoms with van der Waals surface area (Å²) in [5, 5.41) is 8.74. The first kappa shape index (κ1) is 12.6. The molecule has 2 rings (SSSR count). The Balaban J connectivity index is 2.13. The van der Waals surface area contributed by atoms with Gasteiger partial charge in [-0.1, -0.05) is 0 Å². The summed E-state index contributed by atoms with van der Waals surface area (Å²) in [6.45, 7) is 1.92. The first-order valence-corrected chi connectivity index (χ1v) is 7.61. The molecule has 6 heteroatoms. The van der Waals surface area contributed by atoms with E-state index in [0.29, 0.717) is 30.9 Å². The molecule has 1 aromatic rings. The molecule has 1 atom stereocenters. The molecule has 1 aliphatic rings. The van der Waals surface area contributed by atoms with E-state index in [1.165, 1.54) is 0 Å². The molecule has 0 aliphatic carbocycles. The fourth-order valence-corrected chi connectivity index (χ4v) is 3.94. The highest BCUT2D eigenvalue weighted by Gasteiger charge is 2.32. The Morgan fingerprint density at radius 3 is 2.88 bits per heavy atom. The van der Waals surface area contributed by atoms with Gasteiger partial charge in [0.25, 0.3) is 0 Å². The molecule has 1 N–H and O–H groups in total. The van der Waals surface area contributed by atoms with Gasteiger partial charge in [0, 0.05) is 18.9 Å². The van der Waals surface area contributed by atoms with Gasteiger partial charge in [-0.05, 0) is 19.8 Å². The number of nitrogens with zero attached hydrogens (tertiary/aromatic N) is 1. The van der Waals surface area contributed by atoms with E-state index < -0.39 is 9.84 Å². The third kappa shape index (κ3) is 2.87. The van der Waals surface area contributed by atoms with E-state index >= 15 is 0 Å². The zero-order valence-electron chi connectivity index (χ0n) is 9.85. The van der Waals surface area contributed by atoms with E-state index in [1.54, 1.807) is 0 Å². The molecule has 1 fully saturated rings. The average molecular weight is 259 g/mol. The van der Waals surface area contributed by atoms with E-state index in [2.05, 4.69) is 4.98 Å². The molecule has 96 valence electrons. The van der Waals surface area contributed by atoms with E-state index in [-0.39, 0.29) is 24.0 Å². The van der Waals surface area contributed by atoms with E-state index in [9.17, 15) is 8.42 Å². The summed E-state index contributed by atoms with van der Waals surface area (Å²) < 4.78 is 28.3. The van der Waals surface area contributed by atoms with Crippen molar-refractivity contribution in [2.45, 2.75) is 32.1 Å². The van der Waals surface area contributed by atoms with E-state index in [0.717, 1.165) is 5.69 Å². The molecule has 0 amide bonds. The molecule has 17 heavy (non-hydrogen) atoms. The van der Waals surface area contributed by atoms with Gasteiger partial charge in [0.05, 0.1) is 17.2 Å². The molecule has 0 spiro atoms. The molecule has 2 heterocycles. The van der Waals surface area contributed by atoms with Crippen LogP contribution in [0.15, 0.2) is 4.42 Å². The van der Waals surface area contributed by atoms with Gasteiger partial charge in [-0.15, -0.1) is 0 Å². The first-order chi connectivity index (χ1) is 8.02. The van der Waals surface area contributed by atoms with Crippen molar-refractivity contribution < 1.29 is 17.9 Å². The molecule has 0 bridgehead atoms. The van der Waals surface area contributed by atoms with Crippen molar-refractivity contribution in [3.63, 3.8) is 0 Å². The summed E-state index contributed by atoms with van der Waals surface area (Å²) >= 11 is 0. The van der Waals surface area contributed by atoms with Crippen molar-refractivity contribution in [3.05, 3.63) is 17.3 Å². The smallest absolute Gasteiger partial charge is 0.194 e. The van der Waals surface area contributed by atoms with Crippen molar-refractivity contribution in [2.75, 3.05) is 18.1 Å². The van der Waals surface area contributed by atoms with Gasteiger partial charge in [-0.3, -0.25) is 0 Å². The number of aromatic nitrogens is 1. The summed E-state index contributed by atoms with van der Waals surface area (Å²) in [5.74, 6) is 1.71. The highest BCUT2D eigenvalue weighted by molar-refractivity contribution is 7.91. The summed E-state index contributed by atoms with van der Waals surface area (Å²) in [6, 6.07) is 0. The van der Waals surface area contributed by atoms with Crippen LogP contribution in [0.5, 0.6) is 0 Å². The fourth-order valence-electron chi connectivity index (χ4n) is 2.19. The quantitative estimate of drug-likeness (QED) is 0.865. The Labute approximate surface area is 101 Å². The lowest BCUT2D eigenvalue weighted by Gasteiger charge is -2.02. The highest BCUT2D eigenvalue weighted by Crippen LogP contribution is 2.30. The van der Waals surface area contributed by atoms with Crippen LogP contribution >= 0.6 is 0 Å². The van der Waals surface area contributed by atoms with E-state index in [1.807, 2.05) is 6.92 Å². The predicted octanol–water partition coefficient (Wildman–Crippen LogP) is 0.810. The van der Waals surface area contributed by atoms with Crippen LogP contribution in [-0.4, -0.2) is 36.6 Å². The third-order valence-electron chi connectivity index (χ3n) is 3.04. The second kappa shape index (κ2) is 4.78. The summed E-state index contributed by atoms with van der Waals surface area (Å²) in [4.78, 5) is 4.35. The number of aliphatic hydroxyl groups is 1. The second-order valence-electron chi connectivity index (χ2n) is 4.48. The number of oxazole rings is 1. The molecule has 1 unspecified atom stereocenters. The monoisotopic (exact) mass is 259 g/mol. The van der Waals surface area contributed by atoms with Crippen molar-refractivity contribution in [1.82, 2.24) is 4.98 Å². The minimum absolute atomic E-state index is 0.0216. The number of hydrogen-bond donors (Lipinski definition) is 1. The molecule has 0 radical (unpaired) electrons. The fraction of sp³-hybridized carbons (Fsp3) is 0.727. The van der Waals surface area contributed by atoms with Crippen LogP contribution in [0.4, 0.5) is 0 Å². The Bertz CT molecular complexity index is 492. The van der Waals surface area contributed by atoms with Crippen molar-refractivity contribution in [3.8, 4) is 0 Å². The van der Waals surface area contributed by atoms with Crippen LogP contribution in [0, 0.1) is 6.92 Å². The maximum atomic E-state index is 11.4. The van der Waals surface area contributed by atoms with Gasteiger partial charge in [0.1, 0.15) is 5.76 Å². The molecule has 1 saturated heterocycles. The first-order valence-electron chi connectivity index (χ1n) is 5.79. The van der Waals surface area contributed by atoms with Gasteiger partial charge in [-0.25, -0.2) is 13.4 Å². The summed E-state index contributed by atoms with van der Waals surface area (Å²) in [5.41, 5.74) is 0.777. The zero-order valence-corrected chi connectivity index (χ0v) is 10.7. The average Bonchev–Trinajstić information content (AvgIpc) is 2.78. The minimum Gasteiger partial charge on any atom is -0.446 e. The largest absolute Gasteiger partial charge is 0.446 e. The van der Waals surface area contributed by atoms with E-state index in [4.69, 9.17) is 9.52 Å². The molecule has 1 aliphatic heterocycles. The Morgan fingerprint density at radius 1 is 1.53 bits per heavy atom. The van der Waals surface area contributed by atoms with Gasteiger partial charge < -0.3 is 9.52 Å². The van der Waals surface area contributed by atoms with Crippen molar-refractivity contribution in [2.24, 2.45) is 0 Å². The summed E-state index contributed by atoms with van der Waals surface area (Å²) in [7, 11) is -2.89. The Morgan fingerprint density at radius 2 is 2.29 bits per heavy atom. The lowest BCUT2D eigenvalue weighted by molar-refractivity contribution is 0.282.